The molecule has 2 aromatic rings. The number of pyridine rings is 1. The summed E-state index contributed by atoms with van der Waals surface area (Å²) < 4.78 is 4.99. The first-order chi connectivity index (χ1) is 14.2. The molecular weight excluding hydrogens is 386 g/mol. The van der Waals surface area contributed by atoms with Gasteiger partial charge in [0.25, 0.3) is 0 Å². The predicted octanol–water partition coefficient (Wildman–Crippen LogP) is 2.69. The first-order valence-corrected chi connectivity index (χ1v) is 11.0. The van der Waals surface area contributed by atoms with Crippen molar-refractivity contribution in [3.63, 3.8) is 0 Å². The number of Topliss-reactive ketones (excluding diaryl/α,β-unsaturated/α-hetero) is 1. The fourth-order valence-corrected chi connectivity index (χ4v) is 3.92. The van der Waals surface area contributed by atoms with Crippen molar-refractivity contribution in [3.05, 3.63) is 65.9 Å². The Balaban J connectivity index is 1.33. The van der Waals surface area contributed by atoms with Gasteiger partial charge in [-0.1, -0.05) is 12.2 Å². The molecule has 0 fully saturated rings. The van der Waals surface area contributed by atoms with Gasteiger partial charge in [-0.3, -0.25) is 14.6 Å². The lowest BCUT2D eigenvalue weighted by molar-refractivity contribution is -0.123. The van der Waals surface area contributed by atoms with Gasteiger partial charge in [0.1, 0.15) is 0 Å². The minimum Gasteiger partial charge on any atom is -0.472 e. The summed E-state index contributed by atoms with van der Waals surface area (Å²) in [6, 6.07) is 6.45. The summed E-state index contributed by atoms with van der Waals surface area (Å²) >= 11 is 1.49. The van der Waals surface area contributed by atoms with Crippen molar-refractivity contribution < 1.29 is 14.0 Å². The molecule has 2 N–H and O–H groups in total. The number of aromatic nitrogens is 1. The Labute approximate surface area is 175 Å². The molecule has 0 radical (unpaired) electrons. The molecule has 154 valence electrons. The van der Waals surface area contributed by atoms with Gasteiger partial charge in [0, 0.05) is 42.2 Å². The van der Waals surface area contributed by atoms with Crippen LogP contribution in [0.4, 0.5) is 0 Å². The van der Waals surface area contributed by atoms with E-state index < -0.39 is 0 Å². The van der Waals surface area contributed by atoms with Gasteiger partial charge >= 0.3 is 0 Å². The van der Waals surface area contributed by atoms with E-state index in [9.17, 15) is 9.59 Å². The number of nitrogens with zero attached hydrogens (tertiary/aromatic N) is 1. The maximum absolute atomic E-state index is 12.1. The molecule has 1 unspecified atom stereocenters. The Kier molecular flexibility index (Phi) is 8.52. The summed E-state index contributed by atoms with van der Waals surface area (Å²) in [6.45, 7) is 0.994. The van der Waals surface area contributed by atoms with Gasteiger partial charge in [-0.05, 0) is 43.0 Å². The minimum atomic E-state index is -0.124. The fraction of sp³-hybridized carbons (Fsp3) is 0.409. The molecule has 0 saturated heterocycles. The van der Waals surface area contributed by atoms with Crippen LogP contribution in [0.3, 0.4) is 0 Å². The Bertz CT molecular complexity index is 820. The van der Waals surface area contributed by atoms with Crippen LogP contribution in [-0.4, -0.2) is 41.6 Å². The average Bonchev–Trinajstić information content (AvgIpc) is 3.25. The lowest BCUT2D eigenvalue weighted by Crippen LogP contribution is -2.33. The average molecular weight is 414 g/mol. The van der Waals surface area contributed by atoms with Crippen LogP contribution in [-0.2, 0) is 28.2 Å². The zero-order valence-corrected chi connectivity index (χ0v) is 17.2. The van der Waals surface area contributed by atoms with Gasteiger partial charge in [-0.15, -0.1) is 11.8 Å². The maximum Gasteiger partial charge on any atom is 0.230 e. The Hall–Kier alpha value is -2.38. The van der Waals surface area contributed by atoms with E-state index in [1.807, 2.05) is 18.3 Å². The number of amides is 1. The Morgan fingerprint density at radius 1 is 1.28 bits per heavy atom. The van der Waals surface area contributed by atoms with E-state index in [0.717, 1.165) is 30.6 Å². The van der Waals surface area contributed by atoms with Crippen LogP contribution in [0.2, 0.25) is 0 Å². The van der Waals surface area contributed by atoms with Crippen LogP contribution in [0.25, 0.3) is 0 Å². The lowest BCUT2D eigenvalue weighted by atomic mass is 10.0. The number of furan rings is 1. The van der Waals surface area contributed by atoms with Gasteiger partial charge in [-0.25, -0.2) is 0 Å². The quantitative estimate of drug-likeness (QED) is 0.551. The van der Waals surface area contributed by atoms with Crippen molar-refractivity contribution in [2.45, 2.75) is 37.5 Å². The second-order valence-corrected chi connectivity index (χ2v) is 8.10. The van der Waals surface area contributed by atoms with Crippen LogP contribution in [0.15, 0.2) is 53.5 Å². The molecule has 7 heteroatoms. The number of thioether (sulfide) groups is 1. The zero-order chi connectivity index (χ0) is 20.3. The van der Waals surface area contributed by atoms with Crippen LogP contribution < -0.4 is 10.6 Å². The van der Waals surface area contributed by atoms with Crippen LogP contribution >= 0.6 is 11.8 Å². The van der Waals surface area contributed by atoms with E-state index >= 15 is 0 Å². The van der Waals surface area contributed by atoms with Crippen molar-refractivity contribution in [1.82, 2.24) is 15.6 Å². The van der Waals surface area contributed by atoms with Crippen molar-refractivity contribution in [2.75, 3.05) is 18.8 Å². The Morgan fingerprint density at radius 3 is 3.00 bits per heavy atom. The number of rotatable bonds is 11. The molecule has 6 nitrogen and oxygen atoms in total. The third-order valence-corrected chi connectivity index (χ3v) is 5.70. The molecule has 0 bridgehead atoms. The lowest BCUT2D eigenvalue weighted by Gasteiger charge is -2.19. The molecule has 1 aliphatic heterocycles. The third-order valence-electron chi connectivity index (χ3n) is 4.70. The highest BCUT2D eigenvalue weighted by Crippen LogP contribution is 2.12. The largest absolute Gasteiger partial charge is 0.472 e. The van der Waals surface area contributed by atoms with E-state index in [4.69, 9.17) is 4.42 Å². The summed E-state index contributed by atoms with van der Waals surface area (Å²) in [4.78, 5) is 28.3. The summed E-state index contributed by atoms with van der Waals surface area (Å²) in [6.07, 6.45) is 12.4. The molecule has 0 aromatic carbocycles. The number of carbonyl (C=O) groups excluding carboxylic acids is 2. The number of hydrogen-bond donors (Lipinski definition) is 2. The van der Waals surface area contributed by atoms with Crippen LogP contribution in [0.1, 0.15) is 29.7 Å². The van der Waals surface area contributed by atoms with E-state index in [0.29, 0.717) is 30.4 Å². The molecule has 1 atom stereocenters. The normalized spacial score (nSPS) is 15.9. The highest BCUT2D eigenvalue weighted by molar-refractivity contribution is 7.99. The van der Waals surface area contributed by atoms with E-state index in [2.05, 4.69) is 33.8 Å². The van der Waals surface area contributed by atoms with Crippen LogP contribution in [0.5, 0.6) is 0 Å². The SMILES string of the molecule is O=C(CCc1cc(CC2CC=CCN2)ccn1)CNC(=O)CSCc1ccoc1. The van der Waals surface area contributed by atoms with Gasteiger partial charge in [-0.2, -0.15) is 0 Å². The number of nitrogens with one attached hydrogen (secondary N) is 2. The number of carbonyl (C=O) groups is 2. The molecule has 2 aromatic heterocycles. The molecular formula is C22H27N3O3S. The molecule has 3 heterocycles. The van der Waals surface area contributed by atoms with Crippen molar-refractivity contribution in [2.24, 2.45) is 0 Å². The second kappa shape index (κ2) is 11.6. The van der Waals surface area contributed by atoms with Crippen molar-refractivity contribution in [1.29, 1.82) is 0 Å². The molecule has 29 heavy (non-hydrogen) atoms. The Morgan fingerprint density at radius 2 is 2.21 bits per heavy atom. The molecule has 1 aliphatic rings. The van der Waals surface area contributed by atoms with Gasteiger partial charge in [0.05, 0.1) is 24.8 Å². The standard InChI is InChI=1S/C22H27N3O3S/c26-21(13-25-22(27)16-29-15-18-7-10-28-14-18)5-4-20-12-17(6-9-24-20)11-19-3-1-2-8-23-19/h1-2,6-7,9-10,12,14,19,23H,3-5,8,11,13,15-16H2,(H,25,27). The van der Waals surface area contributed by atoms with E-state index in [1.165, 1.54) is 17.3 Å². The molecule has 1 amide bonds. The first-order valence-electron chi connectivity index (χ1n) is 9.88. The number of aryl methyl sites for hydroxylation is 1. The van der Waals surface area contributed by atoms with Gasteiger partial charge in [0.15, 0.2) is 5.78 Å². The van der Waals surface area contributed by atoms with E-state index in [1.54, 1.807) is 12.5 Å². The van der Waals surface area contributed by atoms with Crippen molar-refractivity contribution >= 4 is 23.5 Å². The second-order valence-electron chi connectivity index (χ2n) is 7.11. The molecule has 0 saturated carbocycles. The fourth-order valence-electron chi connectivity index (χ4n) is 3.13. The number of hydrogen-bond acceptors (Lipinski definition) is 6. The van der Waals surface area contributed by atoms with E-state index in [-0.39, 0.29) is 18.2 Å². The summed E-state index contributed by atoms with van der Waals surface area (Å²) in [7, 11) is 0. The molecule has 0 spiro atoms. The van der Waals surface area contributed by atoms with Gasteiger partial charge in [0.2, 0.25) is 5.91 Å². The monoisotopic (exact) mass is 413 g/mol. The first kappa shape index (κ1) is 21.3. The maximum atomic E-state index is 12.1. The predicted molar refractivity (Wildman–Crippen MR) is 115 cm³/mol. The molecule has 3 rings (SSSR count). The molecule has 0 aliphatic carbocycles. The van der Waals surface area contributed by atoms with Crippen molar-refractivity contribution in [3.8, 4) is 0 Å². The van der Waals surface area contributed by atoms with Crippen LogP contribution in [0, 0.1) is 0 Å². The minimum absolute atomic E-state index is 0.0180. The van der Waals surface area contributed by atoms with Gasteiger partial charge < -0.3 is 15.1 Å². The summed E-state index contributed by atoms with van der Waals surface area (Å²) in [5.74, 6) is 0.935. The highest BCUT2D eigenvalue weighted by atomic mass is 32.2. The topological polar surface area (TPSA) is 84.2 Å². The smallest absolute Gasteiger partial charge is 0.230 e. The zero-order valence-electron chi connectivity index (χ0n) is 16.4. The number of ketones is 1. The summed E-state index contributed by atoms with van der Waals surface area (Å²) in [5.41, 5.74) is 3.20. The summed E-state index contributed by atoms with van der Waals surface area (Å²) in [5, 5.41) is 6.18. The highest BCUT2D eigenvalue weighted by Gasteiger charge is 2.11. The third kappa shape index (κ3) is 7.87.